The molecule has 1 aromatic carbocycles. The van der Waals surface area contributed by atoms with Crippen molar-refractivity contribution in [2.75, 3.05) is 5.43 Å². The van der Waals surface area contributed by atoms with Crippen LogP contribution in [0.4, 0.5) is 5.69 Å². The van der Waals surface area contributed by atoms with Crippen molar-refractivity contribution in [2.45, 2.75) is 6.42 Å². The zero-order valence-electron chi connectivity index (χ0n) is 9.47. The number of nitriles is 1. The smallest absolute Gasteiger partial charge is 0.221 e. The van der Waals surface area contributed by atoms with Gasteiger partial charge in [0.05, 0.1) is 12.1 Å². The molecule has 1 rings (SSSR count). The van der Waals surface area contributed by atoms with E-state index in [1.54, 1.807) is 30.3 Å². The van der Waals surface area contributed by atoms with E-state index < -0.39 is 11.7 Å². The molecule has 0 fully saturated rings. The minimum atomic E-state index is -0.407. The lowest BCUT2D eigenvalue weighted by molar-refractivity contribution is -0.117. The maximum Gasteiger partial charge on any atom is 0.221 e. The number of benzene rings is 1. The topological polar surface area (TPSA) is 141 Å². The van der Waals surface area contributed by atoms with Crippen LogP contribution in [0.5, 0.6) is 0 Å². The Hall–Kier alpha value is -2.88. The van der Waals surface area contributed by atoms with Gasteiger partial charge in [0.25, 0.3) is 0 Å². The molecule has 18 heavy (non-hydrogen) atoms. The summed E-state index contributed by atoms with van der Waals surface area (Å²) in [4.78, 5) is 10.7. The molecule has 7 heteroatoms. The molecule has 0 saturated heterocycles. The van der Waals surface area contributed by atoms with Crippen molar-refractivity contribution < 1.29 is 4.79 Å². The van der Waals surface area contributed by atoms with Gasteiger partial charge in [0, 0.05) is 0 Å². The fourth-order valence-electron chi connectivity index (χ4n) is 1.16. The third-order valence-corrected chi connectivity index (χ3v) is 1.99. The van der Waals surface area contributed by atoms with E-state index in [0.29, 0.717) is 5.69 Å². The van der Waals surface area contributed by atoms with Crippen molar-refractivity contribution in [3.63, 3.8) is 0 Å². The van der Waals surface area contributed by atoms with E-state index in [4.69, 9.17) is 22.1 Å². The first-order chi connectivity index (χ1) is 8.52. The molecule has 6 N–H and O–H groups in total. The number of carbonyl (C=O) groups is 1. The number of nitrogens with zero attached hydrogens (tertiary/aromatic N) is 2. The molecule has 0 aliphatic heterocycles. The Kier molecular flexibility index (Phi) is 4.40. The van der Waals surface area contributed by atoms with Gasteiger partial charge < -0.3 is 11.5 Å². The lowest BCUT2D eigenvalue weighted by Crippen LogP contribution is -2.21. The summed E-state index contributed by atoms with van der Waals surface area (Å²) in [6.45, 7) is 0. The number of amidine groups is 1. The lowest BCUT2D eigenvalue weighted by atomic mass is 10.1. The average Bonchev–Trinajstić information content (AvgIpc) is 2.31. The molecule has 0 heterocycles. The molecule has 1 amide bonds. The number of amides is 1. The van der Waals surface area contributed by atoms with Gasteiger partial charge in [-0.15, -0.1) is 0 Å². The van der Waals surface area contributed by atoms with Crippen LogP contribution in [-0.2, 0) is 11.2 Å². The Morgan fingerprint density at radius 3 is 2.44 bits per heavy atom. The van der Waals surface area contributed by atoms with Crippen molar-refractivity contribution >= 4 is 23.1 Å². The van der Waals surface area contributed by atoms with Gasteiger partial charge in [0.2, 0.25) is 11.6 Å². The third kappa shape index (κ3) is 3.94. The van der Waals surface area contributed by atoms with Crippen LogP contribution in [0.2, 0.25) is 0 Å². The summed E-state index contributed by atoms with van der Waals surface area (Å²) in [5, 5.41) is 19.4. The van der Waals surface area contributed by atoms with E-state index in [1.165, 1.54) is 0 Å². The highest BCUT2D eigenvalue weighted by Crippen LogP contribution is 2.09. The highest BCUT2D eigenvalue weighted by molar-refractivity contribution is 6.45. The van der Waals surface area contributed by atoms with Crippen LogP contribution >= 0.6 is 0 Å². The number of nitrogens with two attached hydrogens (primary N) is 2. The molecule has 0 unspecified atom stereocenters. The fourth-order valence-corrected chi connectivity index (χ4v) is 1.16. The lowest BCUT2D eigenvalue weighted by Gasteiger charge is -2.02. The first-order valence-corrected chi connectivity index (χ1v) is 4.98. The number of hydrogen-bond donors (Lipinski definition) is 4. The van der Waals surface area contributed by atoms with E-state index in [9.17, 15) is 4.79 Å². The first kappa shape index (κ1) is 13.2. The number of anilines is 1. The first-order valence-electron chi connectivity index (χ1n) is 4.98. The van der Waals surface area contributed by atoms with Crippen LogP contribution in [0, 0.1) is 16.7 Å². The molecule has 0 aliphatic rings. The molecule has 92 valence electrons. The summed E-state index contributed by atoms with van der Waals surface area (Å²) in [6.07, 6.45) is 0.167. The predicted octanol–water partition coefficient (Wildman–Crippen LogP) is -0.0581. The standard InChI is InChI=1S/C11H12N6O/c12-6-9(11(14)15)17-16-8-3-1-7(2-4-8)5-10(13)18/h1-4,16H,5H2,(H2,13,18)(H3,14,15)/b17-9+. The summed E-state index contributed by atoms with van der Waals surface area (Å²) in [7, 11) is 0. The van der Waals surface area contributed by atoms with E-state index in [2.05, 4.69) is 10.5 Å². The SMILES string of the molecule is N#C/C(=N\Nc1ccc(CC(N)=O)cc1)C(=N)N. The predicted molar refractivity (Wildman–Crippen MR) is 67.9 cm³/mol. The summed E-state index contributed by atoms with van der Waals surface area (Å²) in [5.41, 5.74) is 14.0. The second-order valence-electron chi connectivity index (χ2n) is 3.44. The monoisotopic (exact) mass is 244 g/mol. The number of rotatable bonds is 5. The van der Waals surface area contributed by atoms with Crippen LogP contribution in [0.3, 0.4) is 0 Å². The highest BCUT2D eigenvalue weighted by Gasteiger charge is 2.01. The Morgan fingerprint density at radius 2 is 2.00 bits per heavy atom. The van der Waals surface area contributed by atoms with Gasteiger partial charge in [0.15, 0.2) is 5.84 Å². The van der Waals surface area contributed by atoms with Crippen LogP contribution in [0.15, 0.2) is 29.4 Å². The largest absolute Gasteiger partial charge is 0.382 e. The minimum absolute atomic E-state index is 0.167. The van der Waals surface area contributed by atoms with Gasteiger partial charge in [-0.3, -0.25) is 15.6 Å². The maximum absolute atomic E-state index is 10.7. The molecule has 0 saturated carbocycles. The zero-order valence-corrected chi connectivity index (χ0v) is 9.47. The Morgan fingerprint density at radius 1 is 1.39 bits per heavy atom. The number of nitrogens with one attached hydrogen (secondary N) is 2. The minimum Gasteiger partial charge on any atom is -0.382 e. The average molecular weight is 244 g/mol. The molecule has 1 aromatic rings. The molecule has 0 spiro atoms. The van der Waals surface area contributed by atoms with Crippen LogP contribution in [-0.4, -0.2) is 17.5 Å². The van der Waals surface area contributed by atoms with E-state index in [0.717, 1.165) is 5.56 Å². The zero-order chi connectivity index (χ0) is 13.5. The molecule has 0 aromatic heterocycles. The van der Waals surface area contributed by atoms with Crippen molar-refractivity contribution in [3.8, 4) is 6.07 Å². The van der Waals surface area contributed by atoms with Gasteiger partial charge in [-0.2, -0.15) is 10.4 Å². The van der Waals surface area contributed by atoms with E-state index in [1.807, 2.05) is 0 Å². The Labute approximate surface area is 104 Å². The summed E-state index contributed by atoms with van der Waals surface area (Å²) in [5.74, 6) is -0.813. The third-order valence-electron chi connectivity index (χ3n) is 1.99. The van der Waals surface area contributed by atoms with E-state index >= 15 is 0 Å². The number of primary amides is 1. The highest BCUT2D eigenvalue weighted by atomic mass is 16.1. The normalized spacial score (nSPS) is 10.5. The van der Waals surface area contributed by atoms with Gasteiger partial charge in [-0.1, -0.05) is 12.1 Å². The number of hydrogen-bond acceptors (Lipinski definition) is 5. The number of carbonyl (C=O) groups excluding carboxylic acids is 1. The summed E-state index contributed by atoms with van der Waals surface area (Å²) in [6, 6.07) is 8.46. The summed E-state index contributed by atoms with van der Waals surface area (Å²) >= 11 is 0. The van der Waals surface area contributed by atoms with E-state index in [-0.39, 0.29) is 12.1 Å². The van der Waals surface area contributed by atoms with Gasteiger partial charge in [-0.25, -0.2) is 0 Å². The van der Waals surface area contributed by atoms with Crippen molar-refractivity contribution in [1.82, 2.24) is 0 Å². The van der Waals surface area contributed by atoms with Gasteiger partial charge in [-0.05, 0) is 17.7 Å². The molecule has 0 aliphatic carbocycles. The van der Waals surface area contributed by atoms with Gasteiger partial charge in [0.1, 0.15) is 6.07 Å². The second kappa shape index (κ2) is 6.00. The van der Waals surface area contributed by atoms with Crippen molar-refractivity contribution in [2.24, 2.45) is 16.6 Å². The summed E-state index contributed by atoms with van der Waals surface area (Å²) < 4.78 is 0. The Balaban J connectivity index is 2.73. The van der Waals surface area contributed by atoms with Crippen LogP contribution in [0.25, 0.3) is 0 Å². The van der Waals surface area contributed by atoms with Gasteiger partial charge >= 0.3 is 0 Å². The molecule has 0 atom stereocenters. The van der Waals surface area contributed by atoms with Crippen LogP contribution in [0.1, 0.15) is 5.56 Å². The molecule has 0 bridgehead atoms. The molecule has 7 nitrogen and oxygen atoms in total. The number of hydrazone groups is 1. The molecule has 0 radical (unpaired) electrons. The Bertz CT molecular complexity index is 525. The maximum atomic E-state index is 10.7. The molecular formula is C11H12N6O. The van der Waals surface area contributed by atoms with Crippen molar-refractivity contribution in [1.29, 1.82) is 10.7 Å². The molecular weight excluding hydrogens is 232 g/mol. The quantitative estimate of drug-likeness (QED) is 0.327. The second-order valence-corrected chi connectivity index (χ2v) is 3.44. The van der Waals surface area contributed by atoms with Crippen molar-refractivity contribution in [3.05, 3.63) is 29.8 Å². The van der Waals surface area contributed by atoms with Crippen LogP contribution < -0.4 is 16.9 Å². The fraction of sp³-hybridized carbons (Fsp3) is 0.0909.